The van der Waals surface area contributed by atoms with E-state index in [0.29, 0.717) is 12.5 Å². The van der Waals surface area contributed by atoms with Gasteiger partial charge >= 0.3 is 6.03 Å². The normalized spacial score (nSPS) is 20.4. The molecule has 1 aromatic carbocycles. The molecule has 2 aromatic rings. The highest BCUT2D eigenvalue weighted by Gasteiger charge is 2.30. The van der Waals surface area contributed by atoms with Crippen LogP contribution in [0.4, 0.5) is 4.79 Å². The van der Waals surface area contributed by atoms with E-state index >= 15 is 0 Å². The lowest BCUT2D eigenvalue weighted by molar-refractivity contribution is 0.146. The maximum absolute atomic E-state index is 13.0. The average molecular weight is 370 g/mol. The van der Waals surface area contributed by atoms with Gasteiger partial charge in [0.15, 0.2) is 0 Å². The summed E-state index contributed by atoms with van der Waals surface area (Å²) in [6.45, 7) is 5.36. The number of nitrogens with one attached hydrogen (secondary N) is 1. The van der Waals surface area contributed by atoms with E-state index in [-0.39, 0.29) is 12.1 Å². The summed E-state index contributed by atoms with van der Waals surface area (Å²) in [4.78, 5) is 17.2. The number of carbonyl (C=O) groups excluding carboxylic acids is 1. The molecule has 1 aliphatic rings. The molecular formula is C22H31N3O2. The Labute approximate surface area is 162 Å². The summed E-state index contributed by atoms with van der Waals surface area (Å²) in [5.74, 6) is 1.24. The predicted molar refractivity (Wildman–Crippen MR) is 107 cm³/mol. The SMILES string of the molecule is CCCN(Cc1ccco1)C(=O)NC1CCN(C)CC1Cc1ccccc1. The van der Waals surface area contributed by atoms with Crippen LogP contribution in [0, 0.1) is 5.92 Å². The zero-order valence-electron chi connectivity index (χ0n) is 16.4. The van der Waals surface area contributed by atoms with Crippen molar-refractivity contribution in [1.29, 1.82) is 0 Å². The van der Waals surface area contributed by atoms with Gasteiger partial charge in [-0.15, -0.1) is 0 Å². The second-order valence-corrected chi connectivity index (χ2v) is 7.56. The summed E-state index contributed by atoms with van der Waals surface area (Å²) in [5, 5.41) is 3.33. The van der Waals surface area contributed by atoms with Crippen molar-refractivity contribution in [3.8, 4) is 0 Å². The molecule has 0 radical (unpaired) electrons. The van der Waals surface area contributed by atoms with Crippen LogP contribution in [0.2, 0.25) is 0 Å². The van der Waals surface area contributed by atoms with Gasteiger partial charge in [-0.25, -0.2) is 4.79 Å². The number of urea groups is 1. The van der Waals surface area contributed by atoms with Crippen molar-refractivity contribution >= 4 is 6.03 Å². The van der Waals surface area contributed by atoms with Gasteiger partial charge in [0, 0.05) is 19.1 Å². The Balaban J connectivity index is 1.65. The highest BCUT2D eigenvalue weighted by Crippen LogP contribution is 2.21. The number of likely N-dealkylation sites (tertiary alicyclic amines) is 1. The Hall–Kier alpha value is -2.27. The first-order valence-corrected chi connectivity index (χ1v) is 9.96. The van der Waals surface area contributed by atoms with E-state index in [1.54, 1.807) is 6.26 Å². The Morgan fingerprint density at radius 3 is 2.78 bits per heavy atom. The molecular weight excluding hydrogens is 338 g/mol. The summed E-state index contributed by atoms with van der Waals surface area (Å²) in [7, 11) is 2.16. The van der Waals surface area contributed by atoms with Gasteiger partial charge in [-0.05, 0) is 56.5 Å². The number of nitrogens with zero attached hydrogens (tertiary/aromatic N) is 2. The van der Waals surface area contributed by atoms with Crippen molar-refractivity contribution in [2.24, 2.45) is 5.92 Å². The molecule has 5 nitrogen and oxygen atoms in total. The highest BCUT2D eigenvalue weighted by molar-refractivity contribution is 5.74. The van der Waals surface area contributed by atoms with E-state index in [2.05, 4.69) is 48.5 Å². The molecule has 2 heterocycles. The number of rotatable bonds is 7. The van der Waals surface area contributed by atoms with Gasteiger partial charge in [-0.1, -0.05) is 37.3 Å². The van der Waals surface area contributed by atoms with Crippen LogP contribution in [0.3, 0.4) is 0 Å². The third-order valence-corrected chi connectivity index (χ3v) is 5.29. The molecule has 1 aliphatic heterocycles. The van der Waals surface area contributed by atoms with Gasteiger partial charge in [0.25, 0.3) is 0 Å². The maximum Gasteiger partial charge on any atom is 0.318 e. The van der Waals surface area contributed by atoms with Gasteiger partial charge in [0.1, 0.15) is 5.76 Å². The molecule has 1 saturated heterocycles. The smallest absolute Gasteiger partial charge is 0.318 e. The van der Waals surface area contributed by atoms with Gasteiger partial charge in [-0.3, -0.25) is 0 Å². The fraction of sp³-hybridized carbons (Fsp3) is 0.500. The van der Waals surface area contributed by atoms with Gasteiger partial charge in [0.2, 0.25) is 0 Å². The molecule has 2 unspecified atom stereocenters. The van der Waals surface area contributed by atoms with Crippen LogP contribution in [0.1, 0.15) is 31.1 Å². The van der Waals surface area contributed by atoms with Crippen molar-refractivity contribution in [3.63, 3.8) is 0 Å². The fourth-order valence-corrected chi connectivity index (χ4v) is 3.89. The standard InChI is InChI=1S/C22H31N3O2/c1-3-12-25(17-20-10-7-14-27-20)22(26)23-21-11-13-24(2)16-19(21)15-18-8-5-4-6-9-18/h4-10,14,19,21H,3,11-13,15-17H2,1-2H3,(H,23,26). The summed E-state index contributed by atoms with van der Waals surface area (Å²) in [5.41, 5.74) is 1.33. The molecule has 0 aliphatic carbocycles. The second-order valence-electron chi connectivity index (χ2n) is 7.56. The number of furan rings is 1. The monoisotopic (exact) mass is 369 g/mol. The van der Waals surface area contributed by atoms with E-state index in [9.17, 15) is 4.79 Å². The van der Waals surface area contributed by atoms with E-state index in [0.717, 1.165) is 44.7 Å². The van der Waals surface area contributed by atoms with E-state index < -0.39 is 0 Å². The Kier molecular flexibility index (Phi) is 6.93. The van der Waals surface area contributed by atoms with Crippen molar-refractivity contribution in [3.05, 3.63) is 60.1 Å². The van der Waals surface area contributed by atoms with E-state index in [4.69, 9.17) is 4.42 Å². The zero-order chi connectivity index (χ0) is 19.1. The second kappa shape index (κ2) is 9.60. The third-order valence-electron chi connectivity index (χ3n) is 5.29. The largest absolute Gasteiger partial charge is 0.467 e. The van der Waals surface area contributed by atoms with Gasteiger partial charge < -0.3 is 19.5 Å². The quantitative estimate of drug-likeness (QED) is 0.808. The van der Waals surface area contributed by atoms with E-state index in [1.165, 1.54) is 5.56 Å². The minimum Gasteiger partial charge on any atom is -0.467 e. The topological polar surface area (TPSA) is 48.7 Å². The summed E-state index contributed by atoms with van der Waals surface area (Å²) in [6.07, 6.45) is 4.56. The van der Waals surface area contributed by atoms with E-state index in [1.807, 2.05) is 23.1 Å². The highest BCUT2D eigenvalue weighted by atomic mass is 16.3. The van der Waals surface area contributed by atoms with Gasteiger partial charge in [-0.2, -0.15) is 0 Å². The van der Waals surface area contributed by atoms with Crippen molar-refractivity contribution in [2.45, 2.75) is 38.8 Å². The first-order valence-electron chi connectivity index (χ1n) is 9.96. The number of piperidine rings is 1. The Bertz CT molecular complexity index is 687. The molecule has 3 rings (SSSR count). The lowest BCUT2D eigenvalue weighted by Crippen LogP contribution is -2.53. The molecule has 2 amide bonds. The predicted octanol–water partition coefficient (Wildman–Crippen LogP) is 3.76. The van der Waals surface area contributed by atoms with Crippen LogP contribution in [0.25, 0.3) is 0 Å². The minimum atomic E-state index is 0.0147. The molecule has 0 saturated carbocycles. The van der Waals surface area contributed by atoms with Crippen molar-refractivity contribution in [2.75, 3.05) is 26.7 Å². The molecule has 27 heavy (non-hydrogen) atoms. The number of hydrogen-bond donors (Lipinski definition) is 1. The maximum atomic E-state index is 13.0. The molecule has 1 fully saturated rings. The van der Waals surface area contributed by atoms with Crippen molar-refractivity contribution < 1.29 is 9.21 Å². The Morgan fingerprint density at radius 2 is 2.07 bits per heavy atom. The molecule has 0 bridgehead atoms. The lowest BCUT2D eigenvalue weighted by Gasteiger charge is -2.38. The first-order chi connectivity index (χ1) is 13.2. The molecule has 0 spiro atoms. The molecule has 5 heteroatoms. The minimum absolute atomic E-state index is 0.0147. The van der Waals surface area contributed by atoms with Crippen LogP contribution in [-0.2, 0) is 13.0 Å². The van der Waals surface area contributed by atoms with Crippen LogP contribution >= 0.6 is 0 Å². The number of carbonyl (C=O) groups is 1. The van der Waals surface area contributed by atoms with Crippen LogP contribution in [0.15, 0.2) is 53.1 Å². The molecule has 1 aromatic heterocycles. The average Bonchev–Trinajstić information content (AvgIpc) is 3.17. The van der Waals surface area contributed by atoms with Gasteiger partial charge in [0.05, 0.1) is 12.8 Å². The van der Waals surface area contributed by atoms with Crippen LogP contribution < -0.4 is 5.32 Å². The molecule has 146 valence electrons. The summed E-state index contributed by atoms with van der Waals surface area (Å²) in [6, 6.07) is 14.6. The lowest BCUT2D eigenvalue weighted by atomic mass is 9.87. The number of hydrogen-bond acceptors (Lipinski definition) is 3. The number of benzene rings is 1. The van der Waals surface area contributed by atoms with Crippen molar-refractivity contribution in [1.82, 2.24) is 15.1 Å². The number of amides is 2. The summed E-state index contributed by atoms with van der Waals surface area (Å²) < 4.78 is 5.44. The summed E-state index contributed by atoms with van der Waals surface area (Å²) >= 11 is 0. The zero-order valence-corrected chi connectivity index (χ0v) is 16.4. The molecule has 1 N–H and O–H groups in total. The first kappa shape index (κ1) is 19.5. The fourth-order valence-electron chi connectivity index (χ4n) is 3.89. The molecule has 2 atom stereocenters. The third kappa shape index (κ3) is 5.60. The Morgan fingerprint density at radius 1 is 1.26 bits per heavy atom. The van der Waals surface area contributed by atoms with Crippen LogP contribution in [0.5, 0.6) is 0 Å². The van der Waals surface area contributed by atoms with Crippen LogP contribution in [-0.4, -0.2) is 48.6 Å².